The molecule has 0 aromatic heterocycles. The lowest BCUT2D eigenvalue weighted by Crippen LogP contribution is -2.36. The zero-order valence-electron chi connectivity index (χ0n) is 15.5. The number of halogens is 1. The van der Waals surface area contributed by atoms with Crippen LogP contribution in [0.5, 0.6) is 0 Å². The van der Waals surface area contributed by atoms with Gasteiger partial charge in [-0.25, -0.2) is 4.39 Å². The third-order valence-corrected chi connectivity index (χ3v) is 5.81. The van der Waals surface area contributed by atoms with E-state index in [1.807, 2.05) is 0 Å². The molecule has 0 atom stereocenters. The maximum atomic E-state index is 14.2. The molecule has 2 amide bonds. The highest BCUT2D eigenvalue weighted by Gasteiger charge is 2.39. The Hall–Kier alpha value is -2.42. The van der Waals surface area contributed by atoms with Crippen molar-refractivity contribution in [1.82, 2.24) is 0 Å². The number of amides is 2. The van der Waals surface area contributed by atoms with Gasteiger partial charge in [-0.05, 0) is 43.9 Å². The van der Waals surface area contributed by atoms with Gasteiger partial charge in [0.15, 0.2) is 0 Å². The van der Waals surface area contributed by atoms with Crippen LogP contribution in [0.15, 0.2) is 18.2 Å². The fourth-order valence-corrected chi connectivity index (χ4v) is 4.09. The van der Waals surface area contributed by atoms with Crippen LogP contribution < -0.4 is 10.6 Å². The second kappa shape index (κ2) is 8.51. The molecular weight excluding hydrogens is 345 g/mol. The highest BCUT2D eigenvalue weighted by Crippen LogP contribution is 2.37. The molecule has 144 valence electrons. The van der Waals surface area contributed by atoms with Gasteiger partial charge in [0.05, 0.1) is 11.8 Å². The van der Waals surface area contributed by atoms with Crippen LogP contribution in [-0.4, -0.2) is 11.8 Å². The summed E-state index contributed by atoms with van der Waals surface area (Å²) in [5, 5.41) is 14.9. The Labute approximate surface area is 159 Å². The highest BCUT2D eigenvalue weighted by molar-refractivity contribution is 5.98. The first-order chi connectivity index (χ1) is 13.0. The Morgan fingerprint density at radius 1 is 1.04 bits per heavy atom. The summed E-state index contributed by atoms with van der Waals surface area (Å²) in [6, 6.07) is 6.30. The van der Waals surface area contributed by atoms with E-state index in [9.17, 15) is 19.2 Å². The van der Waals surface area contributed by atoms with E-state index in [0.717, 1.165) is 51.4 Å². The molecule has 2 fully saturated rings. The van der Waals surface area contributed by atoms with Crippen molar-refractivity contribution in [3.63, 3.8) is 0 Å². The predicted octanol–water partition coefficient (Wildman–Crippen LogP) is 4.76. The van der Waals surface area contributed by atoms with E-state index < -0.39 is 11.2 Å². The van der Waals surface area contributed by atoms with Gasteiger partial charge in [-0.15, -0.1) is 0 Å². The van der Waals surface area contributed by atoms with Gasteiger partial charge in [-0.3, -0.25) is 9.59 Å². The molecular formula is C21H26FN3O2. The van der Waals surface area contributed by atoms with E-state index in [0.29, 0.717) is 18.5 Å². The molecule has 3 rings (SSSR count). The number of hydrogen-bond acceptors (Lipinski definition) is 3. The second-order valence-electron chi connectivity index (χ2n) is 7.73. The lowest BCUT2D eigenvalue weighted by atomic mass is 9.74. The van der Waals surface area contributed by atoms with Crippen molar-refractivity contribution in [2.24, 2.45) is 11.3 Å². The quantitative estimate of drug-likeness (QED) is 0.801. The first kappa shape index (κ1) is 19.3. The van der Waals surface area contributed by atoms with Crippen molar-refractivity contribution < 1.29 is 14.0 Å². The summed E-state index contributed by atoms with van der Waals surface area (Å²) in [7, 11) is 0. The number of nitrogens with one attached hydrogen (secondary N) is 2. The Morgan fingerprint density at radius 2 is 1.70 bits per heavy atom. The summed E-state index contributed by atoms with van der Waals surface area (Å²) in [5.41, 5.74) is -0.559. The highest BCUT2D eigenvalue weighted by atomic mass is 19.1. The first-order valence-corrected chi connectivity index (χ1v) is 9.87. The average Bonchev–Trinajstić information content (AvgIpc) is 2.71. The molecule has 2 saturated carbocycles. The number of carbonyl (C=O) groups is 2. The minimum absolute atomic E-state index is 0.0676. The number of hydrogen-bond donors (Lipinski definition) is 2. The fourth-order valence-electron chi connectivity index (χ4n) is 4.09. The molecule has 0 saturated heterocycles. The Balaban J connectivity index is 1.70. The molecule has 2 N–H and O–H groups in total. The summed E-state index contributed by atoms with van der Waals surface area (Å²) < 4.78 is 14.2. The van der Waals surface area contributed by atoms with Crippen LogP contribution in [0.4, 0.5) is 15.8 Å². The van der Waals surface area contributed by atoms with Crippen LogP contribution in [0.25, 0.3) is 0 Å². The van der Waals surface area contributed by atoms with Crippen LogP contribution >= 0.6 is 0 Å². The Bertz CT molecular complexity index is 744. The third kappa shape index (κ3) is 4.47. The van der Waals surface area contributed by atoms with E-state index in [-0.39, 0.29) is 23.4 Å². The SMILES string of the molecule is N#CC1(C(=O)Nc2ccc(F)c(NC(=O)C3CCCCC3)c2)CCCCC1. The van der Waals surface area contributed by atoms with Crippen LogP contribution in [0.1, 0.15) is 64.2 Å². The number of benzene rings is 1. The topological polar surface area (TPSA) is 82.0 Å². The van der Waals surface area contributed by atoms with Crippen LogP contribution in [0, 0.1) is 28.5 Å². The number of carbonyl (C=O) groups excluding carboxylic acids is 2. The number of nitriles is 1. The van der Waals surface area contributed by atoms with Crippen molar-refractivity contribution in [1.29, 1.82) is 5.26 Å². The number of nitrogens with zero attached hydrogens (tertiary/aromatic N) is 1. The standard InChI is InChI=1S/C21H26FN3O2/c22-17-10-9-16(24-20(27)21(14-23)11-5-2-6-12-21)13-18(17)25-19(26)15-7-3-1-4-8-15/h9-10,13,15H,1-8,11-12H2,(H,24,27)(H,25,26). The minimum atomic E-state index is -1.02. The number of rotatable bonds is 4. The largest absolute Gasteiger partial charge is 0.325 e. The van der Waals surface area contributed by atoms with Crippen LogP contribution in [-0.2, 0) is 9.59 Å². The molecule has 0 spiro atoms. The van der Waals surface area contributed by atoms with Gasteiger partial charge in [-0.2, -0.15) is 5.26 Å². The third-order valence-electron chi connectivity index (χ3n) is 5.81. The summed E-state index contributed by atoms with van der Waals surface area (Å²) in [6.07, 6.45) is 8.66. The molecule has 1 aromatic carbocycles. The molecule has 5 nitrogen and oxygen atoms in total. The van der Waals surface area contributed by atoms with Gasteiger partial charge in [0.2, 0.25) is 11.8 Å². The first-order valence-electron chi connectivity index (χ1n) is 9.87. The van der Waals surface area contributed by atoms with Gasteiger partial charge >= 0.3 is 0 Å². The predicted molar refractivity (Wildman–Crippen MR) is 101 cm³/mol. The van der Waals surface area contributed by atoms with Crippen LogP contribution in [0.2, 0.25) is 0 Å². The lowest BCUT2D eigenvalue weighted by molar-refractivity contribution is -0.124. The zero-order chi connectivity index (χ0) is 19.3. The van der Waals surface area contributed by atoms with Crippen molar-refractivity contribution in [2.75, 3.05) is 10.6 Å². The van der Waals surface area contributed by atoms with E-state index in [2.05, 4.69) is 16.7 Å². The molecule has 1 aromatic rings. The summed E-state index contributed by atoms with van der Waals surface area (Å²) in [4.78, 5) is 25.1. The summed E-state index contributed by atoms with van der Waals surface area (Å²) in [5.74, 6) is -1.14. The van der Waals surface area contributed by atoms with E-state index in [1.165, 1.54) is 18.2 Å². The zero-order valence-corrected chi connectivity index (χ0v) is 15.5. The van der Waals surface area contributed by atoms with Gasteiger partial charge in [-0.1, -0.05) is 38.5 Å². The average molecular weight is 371 g/mol. The van der Waals surface area contributed by atoms with Crippen molar-refractivity contribution >= 4 is 23.2 Å². The maximum Gasteiger partial charge on any atom is 0.244 e. The maximum absolute atomic E-state index is 14.2. The van der Waals surface area contributed by atoms with Gasteiger partial charge < -0.3 is 10.6 Å². The van der Waals surface area contributed by atoms with E-state index in [4.69, 9.17) is 0 Å². The lowest BCUT2D eigenvalue weighted by Gasteiger charge is -2.29. The number of anilines is 2. The van der Waals surface area contributed by atoms with Crippen molar-refractivity contribution in [2.45, 2.75) is 64.2 Å². The molecule has 0 aliphatic heterocycles. The monoisotopic (exact) mass is 371 g/mol. The molecule has 2 aliphatic carbocycles. The molecule has 0 unspecified atom stereocenters. The molecule has 0 radical (unpaired) electrons. The fraction of sp³-hybridized carbons (Fsp3) is 0.571. The molecule has 27 heavy (non-hydrogen) atoms. The van der Waals surface area contributed by atoms with E-state index in [1.54, 1.807) is 0 Å². The van der Waals surface area contributed by atoms with Gasteiger partial charge in [0, 0.05) is 11.6 Å². The second-order valence-corrected chi connectivity index (χ2v) is 7.73. The van der Waals surface area contributed by atoms with E-state index >= 15 is 0 Å². The van der Waals surface area contributed by atoms with Crippen LogP contribution in [0.3, 0.4) is 0 Å². The van der Waals surface area contributed by atoms with Gasteiger partial charge in [0.25, 0.3) is 0 Å². The van der Waals surface area contributed by atoms with Gasteiger partial charge in [0.1, 0.15) is 11.2 Å². The summed E-state index contributed by atoms with van der Waals surface area (Å²) >= 11 is 0. The molecule has 2 aliphatic rings. The summed E-state index contributed by atoms with van der Waals surface area (Å²) in [6.45, 7) is 0. The van der Waals surface area contributed by atoms with Crippen molar-refractivity contribution in [3.05, 3.63) is 24.0 Å². The minimum Gasteiger partial charge on any atom is -0.325 e. The molecule has 6 heteroatoms. The molecule has 0 heterocycles. The normalized spacial score (nSPS) is 19.7. The smallest absolute Gasteiger partial charge is 0.244 e. The van der Waals surface area contributed by atoms with Crippen molar-refractivity contribution in [3.8, 4) is 6.07 Å². The Kier molecular flexibility index (Phi) is 6.10. The Morgan fingerprint density at radius 3 is 2.37 bits per heavy atom. The molecule has 0 bridgehead atoms.